The maximum absolute atomic E-state index is 12.0. The zero-order valence-corrected chi connectivity index (χ0v) is 15.7. The number of Topliss-reactive ketones (excluding diaryl/α,β-unsaturated/α-hetero) is 1. The van der Waals surface area contributed by atoms with Gasteiger partial charge in [-0.2, -0.15) is 0 Å². The van der Waals surface area contributed by atoms with E-state index in [2.05, 4.69) is 4.98 Å². The number of carbonyl (C=O) groups is 3. The second-order valence-electron chi connectivity index (χ2n) is 4.64. The Kier molecular flexibility index (Phi) is 8.35. The molecule has 0 radical (unpaired) electrons. The number of halogens is 2. The first kappa shape index (κ1) is 20.3. The Balaban J connectivity index is 0.00000200. The van der Waals surface area contributed by atoms with E-state index >= 15 is 0 Å². The summed E-state index contributed by atoms with van der Waals surface area (Å²) in [5, 5.41) is 0. The third-order valence-corrected chi connectivity index (χ3v) is 3.75. The van der Waals surface area contributed by atoms with Crippen LogP contribution in [0.5, 0.6) is 0 Å². The molecule has 2 heterocycles. The van der Waals surface area contributed by atoms with Gasteiger partial charge in [0.05, 0.1) is 12.5 Å². The molecule has 2 amide bonds. The summed E-state index contributed by atoms with van der Waals surface area (Å²) in [7, 11) is 0.0498. The lowest BCUT2D eigenvalue weighted by molar-refractivity contribution is -0.382. The zero-order chi connectivity index (χ0) is 14.0. The number of ketones is 1. The molecule has 21 heavy (non-hydrogen) atoms. The first-order valence-corrected chi connectivity index (χ1v) is 8.14. The van der Waals surface area contributed by atoms with Gasteiger partial charge in [0.2, 0.25) is 0 Å². The highest BCUT2D eigenvalue weighted by atomic mass is 79.9. The van der Waals surface area contributed by atoms with Gasteiger partial charge in [0.25, 0.3) is 11.6 Å². The third kappa shape index (κ3) is 4.62. The van der Waals surface area contributed by atoms with Crippen LogP contribution in [-0.2, 0) is 15.7 Å². The Hall–Kier alpha value is -0.730. The Labute approximate surface area is 147 Å². The molecule has 0 bridgehead atoms. The topological polar surface area (TPSA) is 68.6 Å². The number of rotatable bonds is 5. The minimum atomic E-state index is -0.347. The van der Waals surface area contributed by atoms with Crippen LogP contribution in [-0.4, -0.2) is 47.3 Å². The van der Waals surface area contributed by atoms with Gasteiger partial charge in [0.15, 0.2) is 17.7 Å². The molecule has 0 unspecified atom stereocenters. The van der Waals surface area contributed by atoms with Crippen molar-refractivity contribution in [2.75, 3.05) is 24.8 Å². The number of H-pyrrole nitrogens is 1. The number of aromatic amines is 1. The number of fused-ring (bicyclic) bond motifs is 1. The molecular weight excluding hydrogens is 424 g/mol. The van der Waals surface area contributed by atoms with E-state index in [-0.39, 0.29) is 75.4 Å². The van der Waals surface area contributed by atoms with E-state index in [0.29, 0.717) is 17.0 Å². The fourth-order valence-corrected chi connectivity index (χ4v) is 2.79. The van der Waals surface area contributed by atoms with Gasteiger partial charge in [-0.05, 0) is 17.0 Å². The van der Waals surface area contributed by atoms with Crippen LogP contribution in [0.2, 0.25) is 0 Å². The van der Waals surface area contributed by atoms with E-state index in [0.717, 1.165) is 4.90 Å². The second kappa shape index (κ2) is 8.65. The molecule has 0 atom stereocenters. The monoisotopic (exact) mass is 438 g/mol. The summed E-state index contributed by atoms with van der Waals surface area (Å²) < 4.78 is 0. The number of hydrogen-bond donors (Lipinski definition) is 0. The Morgan fingerprint density at radius 3 is 2.48 bits per heavy atom. The number of imide groups is 1. The van der Waals surface area contributed by atoms with Crippen molar-refractivity contribution >= 4 is 28.5 Å². The molecule has 0 saturated carbocycles. The maximum atomic E-state index is 12.0. The van der Waals surface area contributed by atoms with Crippen molar-refractivity contribution in [3.8, 4) is 0 Å². The van der Waals surface area contributed by atoms with Crippen molar-refractivity contribution in [3.63, 3.8) is 0 Å². The molecule has 0 aromatic carbocycles. The largest absolute Gasteiger partial charge is 1.00 e. The van der Waals surface area contributed by atoms with E-state index in [4.69, 9.17) is 0 Å². The standard InChI is InChI=1S/C13H15N2O3S.2BrH/c1-19(2)8-9(16)5-7-15-12(17)10-4-3-6-14-11(10)13(15)18;;/h3-4,6H,5,7-8H2,1-2H3;2*1H/q+1;;/p-1. The normalized spacial score (nSPS) is 12.8. The van der Waals surface area contributed by atoms with Crippen molar-refractivity contribution < 1.29 is 53.3 Å². The molecular formula is C13H16Br2N2O3S. The average Bonchev–Trinajstić information content (AvgIpc) is 2.60. The van der Waals surface area contributed by atoms with Gasteiger partial charge in [-0.25, -0.2) is 4.98 Å². The van der Waals surface area contributed by atoms with Crippen LogP contribution in [0.1, 0.15) is 27.3 Å². The van der Waals surface area contributed by atoms with Crippen LogP contribution in [0.3, 0.4) is 0 Å². The van der Waals surface area contributed by atoms with Gasteiger partial charge in [0.1, 0.15) is 5.56 Å². The van der Waals surface area contributed by atoms with Crippen molar-refractivity contribution in [2.45, 2.75) is 6.42 Å². The van der Waals surface area contributed by atoms with Gasteiger partial charge in [-0.1, -0.05) is 0 Å². The minimum Gasteiger partial charge on any atom is -1.00 e. The first-order valence-electron chi connectivity index (χ1n) is 5.93. The van der Waals surface area contributed by atoms with E-state index in [1.165, 1.54) is 0 Å². The quantitative estimate of drug-likeness (QED) is 0.339. The second-order valence-corrected chi connectivity index (χ2v) is 6.90. The molecule has 1 aliphatic rings. The lowest BCUT2D eigenvalue weighted by atomic mass is 10.2. The van der Waals surface area contributed by atoms with Crippen LogP contribution in [0.25, 0.3) is 0 Å². The Bertz CT molecular complexity index is 517. The van der Waals surface area contributed by atoms with Crippen molar-refractivity contribution in [1.82, 2.24) is 4.90 Å². The van der Waals surface area contributed by atoms with Crippen LogP contribution < -0.4 is 38.9 Å². The molecule has 5 nitrogen and oxygen atoms in total. The van der Waals surface area contributed by atoms with Crippen molar-refractivity contribution in [2.24, 2.45) is 0 Å². The first-order chi connectivity index (χ1) is 9.00. The van der Waals surface area contributed by atoms with E-state index < -0.39 is 0 Å². The van der Waals surface area contributed by atoms with Crippen molar-refractivity contribution in [1.29, 1.82) is 0 Å². The van der Waals surface area contributed by atoms with Crippen LogP contribution in [0, 0.1) is 0 Å². The molecule has 0 saturated heterocycles. The van der Waals surface area contributed by atoms with Crippen LogP contribution in [0.4, 0.5) is 0 Å². The van der Waals surface area contributed by atoms with Gasteiger partial charge >= 0.3 is 5.91 Å². The molecule has 1 N–H and O–H groups in total. The molecule has 116 valence electrons. The fraction of sp³-hybridized carbons (Fsp3) is 0.385. The highest BCUT2D eigenvalue weighted by Gasteiger charge is 2.40. The molecule has 0 fully saturated rings. The highest BCUT2D eigenvalue weighted by molar-refractivity contribution is 7.96. The van der Waals surface area contributed by atoms with E-state index in [1.54, 1.807) is 18.3 Å². The fourth-order valence-electron chi connectivity index (χ4n) is 2.00. The smallest absolute Gasteiger partial charge is 0.326 e. The van der Waals surface area contributed by atoms with Crippen LogP contribution >= 0.6 is 0 Å². The number of hydrogen-bond acceptors (Lipinski definition) is 3. The molecule has 1 aromatic heterocycles. The molecule has 2 rings (SSSR count). The number of aromatic nitrogens is 1. The summed E-state index contributed by atoms with van der Waals surface area (Å²) in [6, 6.07) is 3.29. The van der Waals surface area contributed by atoms with Gasteiger partial charge in [-0.3, -0.25) is 19.3 Å². The number of nitrogens with zero attached hydrogens (tertiary/aromatic N) is 1. The summed E-state index contributed by atoms with van der Waals surface area (Å²) >= 11 is 0. The molecule has 0 aliphatic carbocycles. The SMILES string of the molecule is C[S+](C)CC(=O)CCN1C(=O)c2ccc[nH+]c2C1=O.[Br-].[Br-]. The number of carbonyl (C=O) groups excluding carboxylic acids is 3. The summed E-state index contributed by atoms with van der Waals surface area (Å²) in [5.41, 5.74) is 0.691. The summed E-state index contributed by atoms with van der Waals surface area (Å²) in [6.07, 6.45) is 5.83. The van der Waals surface area contributed by atoms with E-state index in [1.807, 2.05) is 12.5 Å². The zero-order valence-electron chi connectivity index (χ0n) is 11.7. The minimum absolute atomic E-state index is 0. The van der Waals surface area contributed by atoms with Gasteiger partial charge in [0, 0.05) is 19.0 Å². The van der Waals surface area contributed by atoms with E-state index in [9.17, 15) is 14.4 Å². The molecule has 8 heteroatoms. The number of pyridine rings is 1. The Morgan fingerprint density at radius 2 is 1.90 bits per heavy atom. The summed E-state index contributed by atoms with van der Waals surface area (Å²) in [6.45, 7) is 0.163. The highest BCUT2D eigenvalue weighted by Crippen LogP contribution is 2.18. The number of nitrogens with one attached hydrogen (secondary N) is 1. The molecule has 1 aromatic rings. The lowest BCUT2D eigenvalue weighted by Crippen LogP contribution is -3.00. The van der Waals surface area contributed by atoms with Gasteiger partial charge < -0.3 is 34.0 Å². The molecule has 1 aliphatic heterocycles. The maximum Gasteiger partial charge on any atom is 0.326 e. The summed E-state index contributed by atoms with van der Waals surface area (Å²) in [4.78, 5) is 39.6. The predicted molar refractivity (Wildman–Crippen MR) is 72.1 cm³/mol. The van der Waals surface area contributed by atoms with Crippen molar-refractivity contribution in [3.05, 3.63) is 29.6 Å². The molecule has 0 spiro atoms. The predicted octanol–water partition coefficient (Wildman–Crippen LogP) is -6.06. The third-order valence-electron chi connectivity index (χ3n) is 2.85. The number of amides is 2. The summed E-state index contributed by atoms with van der Waals surface area (Å²) in [5.74, 6) is -0.0686. The Morgan fingerprint density at radius 1 is 1.24 bits per heavy atom. The lowest BCUT2D eigenvalue weighted by Gasteiger charge is -2.11. The van der Waals surface area contributed by atoms with Gasteiger partial charge in [-0.15, -0.1) is 0 Å². The average molecular weight is 440 g/mol. The van der Waals surface area contributed by atoms with Crippen LogP contribution in [0.15, 0.2) is 18.3 Å².